The number of amides is 2. The summed E-state index contributed by atoms with van der Waals surface area (Å²) in [5.41, 5.74) is 1.98. The number of piperidine rings is 1. The van der Waals surface area contributed by atoms with E-state index in [9.17, 15) is 31.5 Å². The van der Waals surface area contributed by atoms with E-state index < -0.39 is 18.0 Å². The van der Waals surface area contributed by atoms with Gasteiger partial charge < -0.3 is 9.80 Å². The minimum absolute atomic E-state index is 0. The van der Waals surface area contributed by atoms with E-state index in [2.05, 4.69) is 4.98 Å². The molecule has 0 atom stereocenters. The Hall–Kier alpha value is -2.43. The first-order valence-corrected chi connectivity index (χ1v) is 9.08. The van der Waals surface area contributed by atoms with Gasteiger partial charge in [0.15, 0.2) is 0 Å². The van der Waals surface area contributed by atoms with Crippen molar-refractivity contribution in [1.82, 2.24) is 19.2 Å². The van der Waals surface area contributed by atoms with Crippen molar-refractivity contribution in [2.75, 3.05) is 19.6 Å². The summed E-state index contributed by atoms with van der Waals surface area (Å²) >= 11 is 0. The molecule has 4 heterocycles. The highest BCUT2D eigenvalue weighted by Crippen LogP contribution is 2.37. The lowest BCUT2D eigenvalue weighted by Crippen LogP contribution is -2.54. The highest BCUT2D eigenvalue weighted by molar-refractivity contribution is 5.94. The van der Waals surface area contributed by atoms with Crippen molar-refractivity contribution < 1.29 is 31.5 Å². The topological polar surface area (TPSA) is 57.9 Å². The molecule has 0 bridgehead atoms. The van der Waals surface area contributed by atoms with Crippen LogP contribution in [0.3, 0.4) is 0 Å². The SMILES string of the molecule is Cl.O=C1c2cnc3cccc(n23)CN1CC1CCN(C(=O)C(F)(F)C(F)(F)F)CC1. The molecule has 2 aliphatic rings. The van der Waals surface area contributed by atoms with Crippen molar-refractivity contribution in [2.24, 2.45) is 5.92 Å². The molecule has 164 valence electrons. The molecule has 1 saturated heterocycles. The van der Waals surface area contributed by atoms with Crippen LogP contribution in [0.2, 0.25) is 0 Å². The Labute approximate surface area is 174 Å². The van der Waals surface area contributed by atoms with Gasteiger partial charge in [0.2, 0.25) is 0 Å². The van der Waals surface area contributed by atoms with Crippen LogP contribution in [0, 0.1) is 5.92 Å². The molecule has 0 saturated carbocycles. The number of pyridine rings is 1. The molecule has 0 N–H and O–H groups in total. The maximum absolute atomic E-state index is 13.3. The minimum atomic E-state index is -5.91. The van der Waals surface area contributed by atoms with Crippen LogP contribution in [0.1, 0.15) is 29.0 Å². The standard InChI is InChI=1S/C18H17F5N4O2.ClH/c19-17(20,18(21,22)23)16(29)25-6-4-11(5-7-25)9-26-10-12-2-1-3-14-24-8-13(15(26)28)27(12)14;/h1-3,8,11H,4-7,9-10H2;1H. The van der Waals surface area contributed by atoms with Crippen LogP contribution in [0.4, 0.5) is 22.0 Å². The monoisotopic (exact) mass is 452 g/mol. The maximum atomic E-state index is 13.3. The molecule has 2 aliphatic heterocycles. The van der Waals surface area contributed by atoms with Crippen LogP contribution in [0.5, 0.6) is 0 Å². The van der Waals surface area contributed by atoms with Crippen LogP contribution in [0.25, 0.3) is 5.65 Å². The van der Waals surface area contributed by atoms with E-state index in [4.69, 9.17) is 0 Å². The summed E-state index contributed by atoms with van der Waals surface area (Å²) in [5.74, 6) is -7.91. The van der Waals surface area contributed by atoms with Crippen molar-refractivity contribution in [2.45, 2.75) is 31.5 Å². The van der Waals surface area contributed by atoms with Crippen LogP contribution in [0.15, 0.2) is 24.4 Å². The molecule has 0 radical (unpaired) electrons. The predicted octanol–water partition coefficient (Wildman–Crippen LogP) is 3.15. The van der Waals surface area contributed by atoms with Crippen LogP contribution in [-0.2, 0) is 11.3 Å². The molecular weight excluding hydrogens is 435 g/mol. The average Bonchev–Trinajstić information content (AvgIpc) is 3.11. The zero-order valence-corrected chi connectivity index (χ0v) is 16.3. The van der Waals surface area contributed by atoms with E-state index in [1.165, 1.54) is 6.20 Å². The summed E-state index contributed by atoms with van der Waals surface area (Å²) < 4.78 is 65.5. The van der Waals surface area contributed by atoms with Crippen molar-refractivity contribution in [3.8, 4) is 0 Å². The fourth-order valence-corrected chi connectivity index (χ4v) is 3.91. The highest BCUT2D eigenvalue weighted by Gasteiger charge is 2.64. The van der Waals surface area contributed by atoms with Crippen molar-refractivity contribution >= 4 is 29.9 Å². The largest absolute Gasteiger partial charge is 0.463 e. The third-order valence-corrected chi connectivity index (χ3v) is 5.47. The van der Waals surface area contributed by atoms with Crippen LogP contribution < -0.4 is 0 Å². The molecule has 2 aromatic heterocycles. The second-order valence-corrected chi connectivity index (χ2v) is 7.35. The quantitative estimate of drug-likeness (QED) is 0.672. The lowest BCUT2D eigenvalue weighted by molar-refractivity contribution is -0.274. The number of likely N-dealkylation sites (tertiary alicyclic amines) is 1. The number of imidazole rings is 1. The Balaban J connectivity index is 0.00000256. The lowest BCUT2D eigenvalue weighted by Gasteiger charge is -2.37. The molecule has 30 heavy (non-hydrogen) atoms. The minimum Gasteiger partial charge on any atom is -0.337 e. The van der Waals surface area contributed by atoms with Gasteiger partial charge in [-0.3, -0.25) is 14.0 Å². The molecule has 4 rings (SSSR count). The van der Waals surface area contributed by atoms with Gasteiger partial charge in [-0.25, -0.2) is 4.98 Å². The number of alkyl halides is 5. The molecule has 2 amide bonds. The first-order chi connectivity index (χ1) is 13.6. The summed E-state index contributed by atoms with van der Waals surface area (Å²) in [7, 11) is 0. The van der Waals surface area contributed by atoms with Crippen LogP contribution >= 0.6 is 12.4 Å². The maximum Gasteiger partial charge on any atom is 0.463 e. The van der Waals surface area contributed by atoms with E-state index in [1.54, 1.807) is 15.4 Å². The van der Waals surface area contributed by atoms with Crippen molar-refractivity contribution in [3.63, 3.8) is 0 Å². The number of hydrogen-bond acceptors (Lipinski definition) is 3. The fraction of sp³-hybridized carbons (Fsp3) is 0.500. The Bertz CT molecular complexity index is 969. The smallest absolute Gasteiger partial charge is 0.337 e. The zero-order valence-electron chi connectivity index (χ0n) is 15.5. The number of carbonyl (C=O) groups is 2. The number of rotatable bonds is 3. The first-order valence-electron chi connectivity index (χ1n) is 9.08. The normalized spacial score (nSPS) is 18.0. The lowest BCUT2D eigenvalue weighted by atomic mass is 9.95. The second-order valence-electron chi connectivity index (χ2n) is 7.35. The van der Waals surface area contributed by atoms with Gasteiger partial charge in [-0.05, 0) is 30.9 Å². The van der Waals surface area contributed by atoms with Gasteiger partial charge in [-0.15, -0.1) is 12.4 Å². The van der Waals surface area contributed by atoms with Gasteiger partial charge in [0.05, 0.1) is 12.7 Å². The summed E-state index contributed by atoms with van der Waals surface area (Å²) in [6.07, 6.45) is -3.93. The number of nitrogens with zero attached hydrogens (tertiary/aromatic N) is 4. The van der Waals surface area contributed by atoms with Gasteiger partial charge in [-0.1, -0.05) is 6.07 Å². The van der Waals surface area contributed by atoms with Gasteiger partial charge in [0.1, 0.15) is 11.3 Å². The third-order valence-electron chi connectivity index (χ3n) is 5.47. The predicted molar refractivity (Wildman–Crippen MR) is 97.5 cm³/mol. The summed E-state index contributed by atoms with van der Waals surface area (Å²) in [6, 6.07) is 5.50. The number of halogens is 6. The molecule has 1 fully saturated rings. The Morgan fingerprint density at radius 3 is 2.43 bits per heavy atom. The number of aromatic nitrogens is 2. The molecule has 12 heteroatoms. The van der Waals surface area contributed by atoms with E-state index in [0.717, 1.165) is 5.69 Å². The highest BCUT2D eigenvalue weighted by atomic mass is 35.5. The van der Waals surface area contributed by atoms with Crippen molar-refractivity contribution in [1.29, 1.82) is 0 Å². The molecular formula is C18H18ClF5N4O2. The zero-order chi connectivity index (χ0) is 21.0. The van der Waals surface area contributed by atoms with Crippen molar-refractivity contribution in [3.05, 3.63) is 35.8 Å². The Morgan fingerprint density at radius 2 is 1.80 bits per heavy atom. The number of hydrogen-bond donors (Lipinski definition) is 0. The van der Waals surface area contributed by atoms with Gasteiger partial charge >= 0.3 is 18.0 Å². The Morgan fingerprint density at radius 1 is 1.13 bits per heavy atom. The van der Waals surface area contributed by atoms with E-state index in [0.29, 0.717) is 29.3 Å². The first kappa shape index (κ1) is 22.3. The molecule has 0 unspecified atom stereocenters. The third kappa shape index (κ3) is 3.59. The van der Waals surface area contributed by atoms with Gasteiger partial charge in [0, 0.05) is 25.3 Å². The van der Waals surface area contributed by atoms with E-state index in [1.807, 2.05) is 12.1 Å². The van der Waals surface area contributed by atoms with Gasteiger partial charge in [0.25, 0.3) is 5.91 Å². The average molecular weight is 453 g/mol. The molecule has 2 aromatic rings. The second kappa shape index (κ2) is 7.68. The molecule has 0 spiro atoms. The summed E-state index contributed by atoms with van der Waals surface area (Å²) in [4.78, 5) is 30.7. The summed E-state index contributed by atoms with van der Waals surface area (Å²) in [5, 5.41) is 0. The van der Waals surface area contributed by atoms with E-state index in [-0.39, 0.29) is 50.2 Å². The fourth-order valence-electron chi connectivity index (χ4n) is 3.91. The van der Waals surface area contributed by atoms with Crippen LogP contribution in [-0.4, -0.2) is 62.7 Å². The molecule has 0 aromatic carbocycles. The molecule has 6 nitrogen and oxygen atoms in total. The molecule has 0 aliphatic carbocycles. The van der Waals surface area contributed by atoms with E-state index >= 15 is 0 Å². The summed E-state index contributed by atoms with van der Waals surface area (Å²) in [6.45, 7) is 0.276. The van der Waals surface area contributed by atoms with Gasteiger partial charge in [-0.2, -0.15) is 22.0 Å². The number of carbonyl (C=O) groups excluding carboxylic acids is 2. The Kier molecular flexibility index (Phi) is 5.70.